The molecule has 0 unspecified atom stereocenters. The largest absolute Gasteiger partial charge is 0.379 e. The highest BCUT2D eigenvalue weighted by atomic mass is 16.5. The molecular formula is C18H23N5O2. The van der Waals surface area contributed by atoms with E-state index in [2.05, 4.69) is 15.0 Å². The van der Waals surface area contributed by atoms with Crippen molar-refractivity contribution < 1.29 is 9.53 Å². The summed E-state index contributed by atoms with van der Waals surface area (Å²) >= 11 is 0. The van der Waals surface area contributed by atoms with E-state index >= 15 is 0 Å². The van der Waals surface area contributed by atoms with Crippen LogP contribution in [-0.2, 0) is 11.2 Å². The normalized spacial score (nSPS) is 17.8. The first-order valence-corrected chi connectivity index (χ1v) is 8.39. The Kier molecular flexibility index (Phi) is 5.55. The molecule has 0 bridgehead atoms. The molecule has 1 aliphatic heterocycles. The standard InChI is InChI=1S/C18H23N5O2/c1-22(2)17-10-16(20-13-21-17)9-14-11-23(7-8-25-12-14)18(24)15-3-5-19-6-4-15/h3-6,10,13-14H,7-9,11-12H2,1-2H3/t14-/m0/s1. The van der Waals surface area contributed by atoms with Gasteiger partial charge in [-0.2, -0.15) is 0 Å². The van der Waals surface area contributed by atoms with Crippen LogP contribution in [-0.4, -0.2) is 66.2 Å². The molecule has 1 amide bonds. The van der Waals surface area contributed by atoms with E-state index in [1.54, 1.807) is 30.9 Å². The molecule has 1 aliphatic rings. The lowest BCUT2D eigenvalue weighted by atomic mass is 10.0. The van der Waals surface area contributed by atoms with Crippen LogP contribution in [0.1, 0.15) is 16.1 Å². The summed E-state index contributed by atoms with van der Waals surface area (Å²) in [5.74, 6) is 1.11. The molecule has 7 heteroatoms. The second-order valence-corrected chi connectivity index (χ2v) is 6.39. The summed E-state index contributed by atoms with van der Waals surface area (Å²) in [6.07, 6.45) is 5.62. The highest BCUT2D eigenvalue weighted by Gasteiger charge is 2.24. The Morgan fingerprint density at radius 3 is 2.88 bits per heavy atom. The minimum absolute atomic E-state index is 0.0227. The number of anilines is 1. The lowest BCUT2D eigenvalue weighted by Gasteiger charge is -2.23. The summed E-state index contributed by atoms with van der Waals surface area (Å²) in [4.78, 5) is 29.1. The molecule has 3 rings (SSSR count). The van der Waals surface area contributed by atoms with E-state index in [0.717, 1.165) is 17.9 Å². The number of hydrogen-bond donors (Lipinski definition) is 0. The zero-order chi connectivity index (χ0) is 17.6. The summed E-state index contributed by atoms with van der Waals surface area (Å²) in [6, 6.07) is 5.48. The molecule has 25 heavy (non-hydrogen) atoms. The van der Waals surface area contributed by atoms with Crippen LogP contribution in [0.5, 0.6) is 0 Å². The maximum Gasteiger partial charge on any atom is 0.254 e. The molecule has 1 fully saturated rings. The van der Waals surface area contributed by atoms with Gasteiger partial charge in [-0.1, -0.05) is 0 Å². The predicted octanol–water partition coefficient (Wildman–Crippen LogP) is 1.27. The first-order chi connectivity index (χ1) is 12.1. The molecule has 3 heterocycles. The summed E-state index contributed by atoms with van der Waals surface area (Å²) in [5, 5.41) is 0. The summed E-state index contributed by atoms with van der Waals surface area (Å²) in [5.41, 5.74) is 1.62. The van der Waals surface area contributed by atoms with Crippen molar-refractivity contribution in [3.05, 3.63) is 48.2 Å². The van der Waals surface area contributed by atoms with Crippen molar-refractivity contribution >= 4 is 11.7 Å². The first kappa shape index (κ1) is 17.3. The fraction of sp³-hybridized carbons (Fsp3) is 0.444. The minimum Gasteiger partial charge on any atom is -0.379 e. The van der Waals surface area contributed by atoms with Crippen molar-refractivity contribution in [2.75, 3.05) is 45.3 Å². The monoisotopic (exact) mass is 341 g/mol. The second-order valence-electron chi connectivity index (χ2n) is 6.39. The Labute approximate surface area is 147 Å². The Morgan fingerprint density at radius 1 is 1.32 bits per heavy atom. The number of ether oxygens (including phenoxy) is 1. The third-order valence-corrected chi connectivity index (χ3v) is 4.22. The SMILES string of the molecule is CN(C)c1cc(C[C@@H]2COCCN(C(=O)c3ccncc3)C2)ncn1. The molecule has 0 saturated carbocycles. The van der Waals surface area contributed by atoms with Crippen LogP contribution in [0.4, 0.5) is 5.82 Å². The summed E-state index contributed by atoms with van der Waals surface area (Å²) in [6.45, 7) is 2.44. The van der Waals surface area contributed by atoms with Crippen molar-refractivity contribution in [2.45, 2.75) is 6.42 Å². The number of pyridine rings is 1. The topological polar surface area (TPSA) is 71.5 Å². The van der Waals surface area contributed by atoms with Gasteiger partial charge < -0.3 is 14.5 Å². The van der Waals surface area contributed by atoms with Crippen LogP contribution in [0.25, 0.3) is 0 Å². The summed E-state index contributed by atoms with van der Waals surface area (Å²) < 4.78 is 5.71. The van der Waals surface area contributed by atoms with Gasteiger partial charge in [-0.15, -0.1) is 0 Å². The molecule has 7 nitrogen and oxygen atoms in total. The maximum atomic E-state index is 12.7. The number of hydrogen-bond acceptors (Lipinski definition) is 6. The highest BCUT2D eigenvalue weighted by Crippen LogP contribution is 2.16. The fourth-order valence-electron chi connectivity index (χ4n) is 2.90. The van der Waals surface area contributed by atoms with Gasteiger partial charge in [0.25, 0.3) is 5.91 Å². The molecule has 132 valence electrons. The van der Waals surface area contributed by atoms with Gasteiger partial charge in [0.05, 0.1) is 13.2 Å². The Balaban J connectivity index is 1.70. The van der Waals surface area contributed by atoms with E-state index < -0.39 is 0 Å². The van der Waals surface area contributed by atoms with Crippen LogP contribution in [0.2, 0.25) is 0 Å². The van der Waals surface area contributed by atoms with Crippen LogP contribution in [0.3, 0.4) is 0 Å². The molecule has 2 aromatic heterocycles. The highest BCUT2D eigenvalue weighted by molar-refractivity contribution is 5.94. The van der Waals surface area contributed by atoms with Gasteiger partial charge in [-0.3, -0.25) is 9.78 Å². The molecule has 0 aliphatic carbocycles. The van der Waals surface area contributed by atoms with Crippen molar-refractivity contribution in [2.24, 2.45) is 5.92 Å². The number of carbonyl (C=O) groups excluding carboxylic acids is 1. The van der Waals surface area contributed by atoms with Crippen molar-refractivity contribution in [3.8, 4) is 0 Å². The van der Waals surface area contributed by atoms with Gasteiger partial charge >= 0.3 is 0 Å². The van der Waals surface area contributed by atoms with Crippen LogP contribution >= 0.6 is 0 Å². The quantitative estimate of drug-likeness (QED) is 0.834. The lowest BCUT2D eigenvalue weighted by molar-refractivity contribution is 0.0737. The Hall–Kier alpha value is -2.54. The zero-order valence-corrected chi connectivity index (χ0v) is 14.6. The number of rotatable bonds is 4. The van der Waals surface area contributed by atoms with Crippen molar-refractivity contribution in [1.82, 2.24) is 19.9 Å². The van der Waals surface area contributed by atoms with Crippen molar-refractivity contribution in [3.63, 3.8) is 0 Å². The molecule has 1 atom stereocenters. The van der Waals surface area contributed by atoms with E-state index in [1.165, 1.54) is 0 Å². The van der Waals surface area contributed by atoms with Crippen LogP contribution in [0.15, 0.2) is 36.9 Å². The average molecular weight is 341 g/mol. The Bertz CT molecular complexity index is 708. The van der Waals surface area contributed by atoms with Gasteiger partial charge in [0.2, 0.25) is 0 Å². The average Bonchev–Trinajstić information content (AvgIpc) is 2.87. The third-order valence-electron chi connectivity index (χ3n) is 4.22. The molecular weight excluding hydrogens is 318 g/mol. The van der Waals surface area contributed by atoms with Crippen LogP contribution in [0, 0.1) is 5.92 Å². The molecule has 0 radical (unpaired) electrons. The van der Waals surface area contributed by atoms with E-state index in [-0.39, 0.29) is 11.8 Å². The number of amides is 1. The van der Waals surface area contributed by atoms with E-state index in [4.69, 9.17) is 4.74 Å². The van der Waals surface area contributed by atoms with E-state index in [1.807, 2.05) is 30.0 Å². The lowest BCUT2D eigenvalue weighted by Crippen LogP contribution is -2.36. The maximum absolute atomic E-state index is 12.7. The summed E-state index contributed by atoms with van der Waals surface area (Å²) in [7, 11) is 3.91. The molecule has 0 spiro atoms. The zero-order valence-electron chi connectivity index (χ0n) is 14.6. The molecule has 0 aromatic carbocycles. The van der Waals surface area contributed by atoms with Gasteiger partial charge in [0.1, 0.15) is 12.1 Å². The predicted molar refractivity (Wildman–Crippen MR) is 94.5 cm³/mol. The van der Waals surface area contributed by atoms with E-state index in [9.17, 15) is 4.79 Å². The second kappa shape index (κ2) is 8.02. The smallest absolute Gasteiger partial charge is 0.254 e. The Morgan fingerprint density at radius 2 is 2.12 bits per heavy atom. The molecule has 0 N–H and O–H groups in total. The van der Waals surface area contributed by atoms with Crippen LogP contribution < -0.4 is 4.90 Å². The van der Waals surface area contributed by atoms with E-state index in [0.29, 0.717) is 31.9 Å². The minimum atomic E-state index is 0.0227. The molecule has 2 aromatic rings. The van der Waals surface area contributed by atoms with Gasteiger partial charge in [-0.25, -0.2) is 9.97 Å². The van der Waals surface area contributed by atoms with Crippen molar-refractivity contribution in [1.29, 1.82) is 0 Å². The van der Waals surface area contributed by atoms with Gasteiger partial charge in [0, 0.05) is 62.8 Å². The third kappa shape index (κ3) is 4.51. The number of carbonyl (C=O) groups is 1. The van der Waals surface area contributed by atoms with Gasteiger partial charge in [0.15, 0.2) is 0 Å². The number of aromatic nitrogens is 3. The van der Waals surface area contributed by atoms with Gasteiger partial charge in [-0.05, 0) is 18.6 Å². The fourth-order valence-corrected chi connectivity index (χ4v) is 2.90. The first-order valence-electron chi connectivity index (χ1n) is 8.39. The number of nitrogens with zero attached hydrogens (tertiary/aromatic N) is 5. The molecule has 1 saturated heterocycles.